The van der Waals surface area contributed by atoms with Crippen LogP contribution < -0.4 is 0 Å². The van der Waals surface area contributed by atoms with Crippen LogP contribution in [0.2, 0.25) is 0 Å². The van der Waals surface area contributed by atoms with Gasteiger partial charge in [-0.1, -0.05) is 36.4 Å². The van der Waals surface area contributed by atoms with Crippen molar-refractivity contribution in [2.75, 3.05) is 20.1 Å². The largest absolute Gasteiger partial charge is 0.361 e. The fourth-order valence-corrected chi connectivity index (χ4v) is 3.73. The van der Waals surface area contributed by atoms with Crippen molar-refractivity contribution in [1.82, 2.24) is 9.88 Å². The lowest BCUT2D eigenvalue weighted by Gasteiger charge is -2.28. The number of hydrogen-bond acceptors (Lipinski definition) is 1. The van der Waals surface area contributed by atoms with E-state index in [9.17, 15) is 4.39 Å². The lowest BCUT2D eigenvalue weighted by molar-refractivity contribution is 0.256. The molecule has 1 saturated heterocycles. The highest BCUT2D eigenvalue weighted by Gasteiger charge is 2.21. The summed E-state index contributed by atoms with van der Waals surface area (Å²) in [5, 5.41) is 1.23. The van der Waals surface area contributed by atoms with Gasteiger partial charge in [-0.3, -0.25) is 0 Å². The lowest BCUT2D eigenvalue weighted by Crippen LogP contribution is -2.29. The second-order valence-electron chi connectivity index (χ2n) is 6.98. The second-order valence-corrected chi connectivity index (χ2v) is 6.98. The van der Waals surface area contributed by atoms with Crippen molar-refractivity contribution in [1.29, 1.82) is 0 Å². The van der Waals surface area contributed by atoms with Crippen molar-refractivity contribution >= 4 is 22.8 Å². The molecule has 0 radical (unpaired) electrons. The third kappa shape index (κ3) is 3.38. The molecule has 0 saturated carbocycles. The Morgan fingerprint density at radius 1 is 1.12 bits per heavy atom. The van der Waals surface area contributed by atoms with Crippen LogP contribution in [0.3, 0.4) is 0 Å². The van der Waals surface area contributed by atoms with Gasteiger partial charge < -0.3 is 9.88 Å². The predicted molar refractivity (Wildman–Crippen MR) is 103 cm³/mol. The molecule has 0 spiro atoms. The van der Waals surface area contributed by atoms with E-state index < -0.39 is 0 Å². The molecule has 2 aromatic carbocycles. The SMILES string of the molecule is CN1CCC(c2c[nH]c3ccc(C=C(F)c4ccccc4)cc23)CC1. The minimum absolute atomic E-state index is 0.198. The van der Waals surface area contributed by atoms with Gasteiger partial charge in [0.2, 0.25) is 0 Å². The molecule has 1 N–H and O–H groups in total. The van der Waals surface area contributed by atoms with E-state index in [0.717, 1.165) is 24.2 Å². The molecule has 2 nitrogen and oxygen atoms in total. The molecule has 4 rings (SSSR count). The number of rotatable bonds is 3. The number of likely N-dealkylation sites (tertiary alicyclic amines) is 1. The highest BCUT2D eigenvalue weighted by atomic mass is 19.1. The third-order valence-corrected chi connectivity index (χ3v) is 5.24. The minimum Gasteiger partial charge on any atom is -0.361 e. The fraction of sp³-hybridized carbons (Fsp3) is 0.273. The Morgan fingerprint density at radius 2 is 1.88 bits per heavy atom. The Balaban J connectivity index is 1.67. The van der Waals surface area contributed by atoms with Gasteiger partial charge in [-0.2, -0.15) is 0 Å². The van der Waals surface area contributed by atoms with Crippen LogP contribution in [0.1, 0.15) is 35.4 Å². The van der Waals surface area contributed by atoms with Crippen LogP contribution in [0.25, 0.3) is 22.8 Å². The van der Waals surface area contributed by atoms with Crippen molar-refractivity contribution in [3.8, 4) is 0 Å². The van der Waals surface area contributed by atoms with Crippen molar-refractivity contribution in [3.63, 3.8) is 0 Å². The highest BCUT2D eigenvalue weighted by Crippen LogP contribution is 2.33. The Kier molecular flexibility index (Phi) is 4.41. The van der Waals surface area contributed by atoms with Crippen LogP contribution in [0.15, 0.2) is 54.7 Å². The van der Waals surface area contributed by atoms with Gasteiger partial charge in [-0.15, -0.1) is 0 Å². The number of aromatic nitrogens is 1. The monoisotopic (exact) mass is 334 g/mol. The molecule has 3 aromatic rings. The van der Waals surface area contributed by atoms with Gasteiger partial charge in [0.05, 0.1) is 0 Å². The number of fused-ring (bicyclic) bond motifs is 1. The molecule has 1 aliphatic heterocycles. The molecular formula is C22H23FN2. The first-order valence-electron chi connectivity index (χ1n) is 8.93. The van der Waals surface area contributed by atoms with Crippen LogP contribution in [-0.2, 0) is 0 Å². The Hall–Kier alpha value is -2.39. The third-order valence-electron chi connectivity index (χ3n) is 5.24. The number of H-pyrrole nitrogens is 1. The first-order chi connectivity index (χ1) is 12.2. The van der Waals surface area contributed by atoms with E-state index in [4.69, 9.17) is 0 Å². The average Bonchev–Trinajstić information content (AvgIpc) is 3.06. The highest BCUT2D eigenvalue weighted by molar-refractivity contribution is 5.88. The lowest BCUT2D eigenvalue weighted by atomic mass is 9.89. The quantitative estimate of drug-likeness (QED) is 0.632. The van der Waals surface area contributed by atoms with Crippen molar-refractivity contribution in [2.45, 2.75) is 18.8 Å². The molecule has 0 bridgehead atoms. The number of hydrogen-bond donors (Lipinski definition) is 1. The van der Waals surface area contributed by atoms with Gasteiger partial charge in [0.25, 0.3) is 0 Å². The summed E-state index contributed by atoms with van der Waals surface area (Å²) in [7, 11) is 2.18. The van der Waals surface area contributed by atoms with Crippen molar-refractivity contribution < 1.29 is 4.39 Å². The second kappa shape index (κ2) is 6.85. The number of nitrogens with zero attached hydrogens (tertiary/aromatic N) is 1. The molecule has 25 heavy (non-hydrogen) atoms. The molecule has 0 atom stereocenters. The molecule has 1 fully saturated rings. The van der Waals surface area contributed by atoms with Crippen LogP contribution in [0.4, 0.5) is 4.39 Å². The maximum Gasteiger partial charge on any atom is 0.131 e. The molecule has 0 amide bonds. The first kappa shape index (κ1) is 16.1. The van der Waals surface area contributed by atoms with Crippen molar-refractivity contribution in [3.05, 3.63) is 71.4 Å². The first-order valence-corrected chi connectivity index (χ1v) is 8.93. The smallest absolute Gasteiger partial charge is 0.131 e. The van der Waals surface area contributed by atoms with E-state index in [2.05, 4.69) is 35.3 Å². The maximum absolute atomic E-state index is 14.5. The fourth-order valence-electron chi connectivity index (χ4n) is 3.73. The summed E-state index contributed by atoms with van der Waals surface area (Å²) in [5.74, 6) is 0.388. The number of aromatic amines is 1. The zero-order valence-electron chi connectivity index (χ0n) is 14.5. The van der Waals surface area contributed by atoms with Gasteiger partial charge >= 0.3 is 0 Å². The number of nitrogens with one attached hydrogen (secondary N) is 1. The summed E-state index contributed by atoms with van der Waals surface area (Å²) in [6.45, 7) is 2.28. The summed E-state index contributed by atoms with van der Waals surface area (Å²) in [6.07, 6.45) is 6.13. The molecule has 1 aromatic heterocycles. The zero-order chi connectivity index (χ0) is 17.2. The normalized spacial score (nSPS) is 17.3. The van der Waals surface area contributed by atoms with Gasteiger partial charge in [-0.05, 0) is 68.2 Å². The van der Waals surface area contributed by atoms with Gasteiger partial charge in [0.15, 0.2) is 0 Å². The summed E-state index contributed by atoms with van der Waals surface area (Å²) in [4.78, 5) is 5.76. The van der Waals surface area contributed by atoms with Crippen LogP contribution in [0, 0.1) is 0 Å². The molecular weight excluding hydrogens is 311 g/mol. The van der Waals surface area contributed by atoms with E-state index >= 15 is 0 Å². The average molecular weight is 334 g/mol. The van der Waals surface area contributed by atoms with Crippen molar-refractivity contribution in [2.24, 2.45) is 0 Å². The number of piperidine rings is 1. The molecule has 0 unspecified atom stereocenters. The molecule has 0 aliphatic carbocycles. The Morgan fingerprint density at radius 3 is 2.64 bits per heavy atom. The standard InChI is InChI=1S/C22H23FN2/c1-25-11-9-17(10-12-25)20-15-24-22-8-7-16(13-19(20)22)14-21(23)18-5-3-2-4-6-18/h2-8,13-15,17,24H,9-12H2,1H3. The van der Waals surface area contributed by atoms with Crippen LogP contribution in [-0.4, -0.2) is 30.0 Å². The summed E-state index contributed by atoms with van der Waals surface area (Å²) in [6, 6.07) is 15.3. The van der Waals surface area contributed by atoms with Gasteiger partial charge in [-0.25, -0.2) is 4.39 Å². The van der Waals surface area contributed by atoms with E-state index in [-0.39, 0.29) is 5.83 Å². The zero-order valence-corrected chi connectivity index (χ0v) is 14.5. The summed E-state index contributed by atoms with van der Waals surface area (Å²) < 4.78 is 14.5. The summed E-state index contributed by atoms with van der Waals surface area (Å²) in [5.41, 5.74) is 4.03. The summed E-state index contributed by atoms with van der Waals surface area (Å²) >= 11 is 0. The van der Waals surface area contributed by atoms with E-state index in [1.807, 2.05) is 24.3 Å². The number of halogens is 1. The molecule has 3 heteroatoms. The Labute approximate surface area is 148 Å². The Bertz CT molecular complexity index is 887. The molecule has 128 valence electrons. The van der Waals surface area contributed by atoms with Gasteiger partial charge in [0.1, 0.15) is 5.83 Å². The predicted octanol–water partition coefficient (Wildman–Crippen LogP) is 5.44. The van der Waals surface area contributed by atoms with E-state index in [1.54, 1.807) is 18.2 Å². The van der Waals surface area contributed by atoms with Crippen LogP contribution in [0.5, 0.6) is 0 Å². The number of benzene rings is 2. The van der Waals surface area contributed by atoms with E-state index in [1.165, 1.54) is 23.8 Å². The minimum atomic E-state index is -0.198. The van der Waals surface area contributed by atoms with Gasteiger partial charge in [0, 0.05) is 22.7 Å². The van der Waals surface area contributed by atoms with E-state index in [0.29, 0.717) is 11.5 Å². The topological polar surface area (TPSA) is 19.0 Å². The van der Waals surface area contributed by atoms with Crippen LogP contribution >= 0.6 is 0 Å². The molecule has 1 aliphatic rings. The molecule has 2 heterocycles. The maximum atomic E-state index is 14.5.